The number of hydrogen-bond donors (Lipinski definition) is 0. The van der Waals surface area contributed by atoms with E-state index in [-0.39, 0.29) is 11.9 Å². The fourth-order valence-electron chi connectivity index (χ4n) is 0.769. The van der Waals surface area contributed by atoms with E-state index in [1.54, 1.807) is 24.8 Å². The molecule has 0 aromatic carbocycles. The zero-order chi connectivity index (χ0) is 11.7. The van der Waals surface area contributed by atoms with Crippen LogP contribution >= 0.6 is 11.8 Å². The molecule has 0 saturated heterocycles. The Morgan fingerprint density at radius 2 is 1.93 bits per heavy atom. The van der Waals surface area contributed by atoms with Crippen LogP contribution in [0.15, 0.2) is 11.6 Å². The molecule has 0 aliphatic carbocycles. The number of esters is 2. The van der Waals surface area contributed by atoms with Crippen LogP contribution in [0.5, 0.6) is 0 Å². The summed E-state index contributed by atoms with van der Waals surface area (Å²) in [7, 11) is 2.72. The van der Waals surface area contributed by atoms with Crippen LogP contribution in [0.1, 0.15) is 13.3 Å². The lowest BCUT2D eigenvalue weighted by molar-refractivity contribution is -0.140. The summed E-state index contributed by atoms with van der Waals surface area (Å²) >= 11 is 1.57. The molecule has 0 heterocycles. The van der Waals surface area contributed by atoms with Gasteiger partial charge in [0.25, 0.3) is 0 Å². The highest BCUT2D eigenvalue weighted by molar-refractivity contribution is 7.99. The summed E-state index contributed by atoms with van der Waals surface area (Å²) in [5.74, 6) is 0.856. The van der Waals surface area contributed by atoms with Crippen molar-refractivity contribution in [3.8, 4) is 0 Å². The molecule has 0 aliphatic rings. The number of thioether (sulfide) groups is 1. The lowest BCUT2D eigenvalue weighted by Gasteiger charge is -1.99. The summed E-state index contributed by atoms with van der Waals surface area (Å²) in [5, 5.41) is 0. The fourth-order valence-corrected chi connectivity index (χ4v) is 1.61. The zero-order valence-corrected chi connectivity index (χ0v) is 10.1. The number of carbonyl (C=O) groups excluding carboxylic acids is 2. The third-order valence-corrected chi connectivity index (χ3v) is 2.59. The smallest absolute Gasteiger partial charge is 0.333 e. The Bertz CT molecular complexity index is 248. The van der Waals surface area contributed by atoms with Crippen molar-refractivity contribution in [1.29, 1.82) is 0 Å². The van der Waals surface area contributed by atoms with Crippen LogP contribution in [0.4, 0.5) is 0 Å². The van der Waals surface area contributed by atoms with Gasteiger partial charge in [-0.3, -0.25) is 4.79 Å². The summed E-state index contributed by atoms with van der Waals surface area (Å²) < 4.78 is 9.03. The van der Waals surface area contributed by atoms with Crippen molar-refractivity contribution in [2.45, 2.75) is 13.3 Å². The molecule has 0 saturated carbocycles. The van der Waals surface area contributed by atoms with E-state index in [0.717, 1.165) is 0 Å². The van der Waals surface area contributed by atoms with Crippen LogP contribution in [-0.4, -0.2) is 37.7 Å². The molecule has 0 aliphatic heterocycles. The summed E-state index contributed by atoms with van der Waals surface area (Å²) in [4.78, 5) is 21.7. The van der Waals surface area contributed by atoms with Gasteiger partial charge < -0.3 is 9.47 Å². The minimum Gasteiger partial charge on any atom is -0.469 e. The van der Waals surface area contributed by atoms with Crippen molar-refractivity contribution in [3.05, 3.63) is 11.6 Å². The van der Waals surface area contributed by atoms with Gasteiger partial charge in [-0.1, -0.05) is 6.08 Å². The molecular weight excluding hydrogens is 216 g/mol. The molecule has 0 fully saturated rings. The quantitative estimate of drug-likeness (QED) is 0.393. The predicted molar refractivity (Wildman–Crippen MR) is 59.7 cm³/mol. The average Bonchev–Trinajstić information content (AvgIpc) is 2.26. The summed E-state index contributed by atoms with van der Waals surface area (Å²) in [6.07, 6.45) is 2.18. The van der Waals surface area contributed by atoms with Crippen molar-refractivity contribution < 1.29 is 19.1 Å². The van der Waals surface area contributed by atoms with Crippen molar-refractivity contribution in [2.75, 3.05) is 25.7 Å². The molecule has 0 unspecified atom stereocenters. The van der Waals surface area contributed by atoms with E-state index in [1.807, 2.05) is 0 Å². The molecule has 15 heavy (non-hydrogen) atoms. The molecule has 86 valence electrons. The van der Waals surface area contributed by atoms with Crippen molar-refractivity contribution >= 4 is 23.7 Å². The van der Waals surface area contributed by atoms with Gasteiger partial charge in [0, 0.05) is 17.1 Å². The van der Waals surface area contributed by atoms with E-state index >= 15 is 0 Å². The molecule has 0 rings (SSSR count). The molecule has 4 nitrogen and oxygen atoms in total. The normalized spacial score (nSPS) is 11.0. The van der Waals surface area contributed by atoms with E-state index in [1.165, 1.54) is 14.2 Å². The van der Waals surface area contributed by atoms with Gasteiger partial charge in [-0.05, 0) is 6.92 Å². The number of carbonyl (C=O) groups is 2. The highest BCUT2D eigenvalue weighted by Gasteiger charge is 2.02. The Balaban J connectivity index is 3.61. The van der Waals surface area contributed by atoms with E-state index < -0.39 is 0 Å². The third-order valence-electron chi connectivity index (χ3n) is 1.69. The molecule has 0 aromatic heterocycles. The fraction of sp³-hybridized carbons (Fsp3) is 0.600. The van der Waals surface area contributed by atoms with Crippen LogP contribution < -0.4 is 0 Å². The summed E-state index contributed by atoms with van der Waals surface area (Å²) in [5.41, 5.74) is 0.586. The van der Waals surface area contributed by atoms with Crippen molar-refractivity contribution in [2.24, 2.45) is 0 Å². The monoisotopic (exact) mass is 232 g/mol. The maximum Gasteiger partial charge on any atom is 0.333 e. The van der Waals surface area contributed by atoms with Crippen molar-refractivity contribution in [3.63, 3.8) is 0 Å². The first-order chi connectivity index (χ1) is 7.11. The van der Waals surface area contributed by atoms with Crippen LogP contribution in [0.3, 0.4) is 0 Å². The minimum absolute atomic E-state index is 0.212. The van der Waals surface area contributed by atoms with Gasteiger partial charge >= 0.3 is 11.9 Å². The molecule has 0 bridgehead atoms. The Labute approximate surface area is 94.0 Å². The molecule has 0 aromatic rings. The van der Waals surface area contributed by atoms with Crippen LogP contribution in [-0.2, 0) is 19.1 Å². The maximum atomic E-state index is 11.0. The zero-order valence-electron chi connectivity index (χ0n) is 9.24. The van der Waals surface area contributed by atoms with Crippen LogP contribution in [0, 0.1) is 0 Å². The maximum absolute atomic E-state index is 11.0. The molecule has 0 atom stereocenters. The standard InChI is InChI=1S/C10H16O4S/c1-8(10(12)14-3)4-6-15-7-5-9(11)13-2/h4H,5-7H2,1-3H3. The Morgan fingerprint density at radius 1 is 1.27 bits per heavy atom. The lowest BCUT2D eigenvalue weighted by Crippen LogP contribution is -2.03. The van der Waals surface area contributed by atoms with Gasteiger partial charge in [-0.15, -0.1) is 0 Å². The van der Waals surface area contributed by atoms with Crippen LogP contribution in [0.25, 0.3) is 0 Å². The van der Waals surface area contributed by atoms with E-state index in [2.05, 4.69) is 9.47 Å². The van der Waals surface area contributed by atoms with E-state index in [9.17, 15) is 9.59 Å². The first kappa shape index (κ1) is 14.0. The number of rotatable bonds is 6. The average molecular weight is 232 g/mol. The second-order valence-corrected chi connectivity index (χ2v) is 3.93. The Morgan fingerprint density at radius 3 is 2.47 bits per heavy atom. The van der Waals surface area contributed by atoms with Crippen LogP contribution in [0.2, 0.25) is 0 Å². The SMILES string of the molecule is COC(=O)CCSCC=C(C)C(=O)OC. The minimum atomic E-state index is -0.316. The van der Waals surface area contributed by atoms with E-state index in [4.69, 9.17) is 0 Å². The van der Waals surface area contributed by atoms with Gasteiger partial charge in [-0.25, -0.2) is 4.79 Å². The first-order valence-electron chi connectivity index (χ1n) is 4.51. The molecular formula is C10H16O4S. The van der Waals surface area contributed by atoms with Gasteiger partial charge in [0.15, 0.2) is 0 Å². The second kappa shape index (κ2) is 8.35. The Hall–Kier alpha value is -0.970. The third kappa shape index (κ3) is 7.02. The largest absolute Gasteiger partial charge is 0.469 e. The number of ether oxygens (including phenoxy) is 2. The van der Waals surface area contributed by atoms with Gasteiger partial charge in [0.2, 0.25) is 0 Å². The number of methoxy groups -OCH3 is 2. The summed E-state index contributed by atoms with van der Waals surface area (Å²) in [6, 6.07) is 0. The van der Waals surface area contributed by atoms with E-state index in [0.29, 0.717) is 23.5 Å². The first-order valence-corrected chi connectivity index (χ1v) is 5.67. The second-order valence-electron chi connectivity index (χ2n) is 2.78. The molecule has 5 heteroatoms. The summed E-state index contributed by atoms with van der Waals surface area (Å²) in [6.45, 7) is 1.70. The van der Waals surface area contributed by atoms with Gasteiger partial charge in [-0.2, -0.15) is 11.8 Å². The predicted octanol–water partition coefficient (Wildman–Crippen LogP) is 1.40. The number of hydrogen-bond acceptors (Lipinski definition) is 5. The Kier molecular flexibility index (Phi) is 7.81. The van der Waals surface area contributed by atoms with Gasteiger partial charge in [0.1, 0.15) is 0 Å². The lowest BCUT2D eigenvalue weighted by atomic mass is 10.3. The molecule has 0 N–H and O–H groups in total. The topological polar surface area (TPSA) is 52.6 Å². The molecule has 0 spiro atoms. The highest BCUT2D eigenvalue weighted by atomic mass is 32.2. The van der Waals surface area contributed by atoms with Crippen molar-refractivity contribution in [1.82, 2.24) is 0 Å². The van der Waals surface area contributed by atoms with Gasteiger partial charge in [0.05, 0.1) is 20.6 Å². The highest BCUT2D eigenvalue weighted by Crippen LogP contribution is 2.06. The molecule has 0 radical (unpaired) electrons. The molecule has 0 amide bonds.